The van der Waals surface area contributed by atoms with Crippen LogP contribution in [0.3, 0.4) is 0 Å². The summed E-state index contributed by atoms with van der Waals surface area (Å²) < 4.78 is 13.4. The molecule has 2 N–H and O–H groups in total. The van der Waals surface area contributed by atoms with Crippen LogP contribution < -0.4 is 15.2 Å². The lowest BCUT2D eigenvalue weighted by Gasteiger charge is -2.33. The van der Waals surface area contributed by atoms with Crippen LogP contribution in [-0.4, -0.2) is 44.8 Å². The maximum Gasteiger partial charge on any atom is 0.245 e. The highest BCUT2D eigenvalue weighted by Gasteiger charge is 2.20. The minimum Gasteiger partial charge on any atom is -0.360 e. The Morgan fingerprint density at radius 1 is 1.12 bits per heavy atom. The Hall–Kier alpha value is -2.73. The van der Waals surface area contributed by atoms with Gasteiger partial charge in [0.1, 0.15) is 5.82 Å². The number of amides is 1. The molecule has 1 aliphatic heterocycles. The van der Waals surface area contributed by atoms with Crippen LogP contribution in [-0.2, 0) is 4.79 Å². The zero-order valence-electron chi connectivity index (χ0n) is 14.7. The molecule has 0 saturated carbocycles. The smallest absolute Gasteiger partial charge is 0.245 e. The third-order valence-corrected chi connectivity index (χ3v) is 4.60. The van der Waals surface area contributed by atoms with E-state index in [0.717, 1.165) is 32.7 Å². The molecule has 0 spiro atoms. The molecule has 6 heteroatoms. The van der Waals surface area contributed by atoms with Crippen molar-refractivity contribution in [2.24, 2.45) is 5.10 Å². The van der Waals surface area contributed by atoms with Crippen molar-refractivity contribution in [3.8, 4) is 0 Å². The van der Waals surface area contributed by atoms with Gasteiger partial charge in [-0.25, -0.2) is 9.82 Å². The van der Waals surface area contributed by atoms with Gasteiger partial charge in [0, 0.05) is 11.3 Å². The maximum atomic E-state index is 13.4. The van der Waals surface area contributed by atoms with Crippen LogP contribution in [0.5, 0.6) is 0 Å². The van der Waals surface area contributed by atoms with E-state index in [0.29, 0.717) is 12.0 Å². The predicted octanol–water partition coefficient (Wildman–Crippen LogP) is 1.07. The second-order valence-electron chi connectivity index (χ2n) is 6.39. The molecule has 0 aromatic heterocycles. The van der Waals surface area contributed by atoms with E-state index < -0.39 is 0 Å². The van der Waals surface area contributed by atoms with Crippen molar-refractivity contribution in [2.75, 3.05) is 37.6 Å². The number of carbonyl (C=O) groups is 1. The van der Waals surface area contributed by atoms with Crippen LogP contribution in [0.15, 0.2) is 59.7 Å². The number of rotatable bonds is 6. The fourth-order valence-electron chi connectivity index (χ4n) is 3.07. The molecule has 26 heavy (non-hydrogen) atoms. The van der Waals surface area contributed by atoms with Crippen LogP contribution >= 0.6 is 0 Å². The standard InChI is InChI=1S/C20H23FN4O/c21-19-9-5-4-6-17(19)16-22-23-20(26)10-11-24-12-14-25(15-13-24)18-7-2-1-3-8-18/h1-9,16H,10-15H2,(H,23,26)/p+1. The highest BCUT2D eigenvalue weighted by atomic mass is 19.1. The van der Waals surface area contributed by atoms with E-state index in [-0.39, 0.29) is 11.7 Å². The number of halogens is 1. The van der Waals surface area contributed by atoms with Crippen molar-refractivity contribution < 1.29 is 14.1 Å². The monoisotopic (exact) mass is 355 g/mol. The molecule has 0 aliphatic carbocycles. The SMILES string of the molecule is O=C(CC[NH+]1CCN(c2ccccc2)CC1)NN=Cc1ccccc1F. The number of hydrazone groups is 1. The van der Waals surface area contributed by atoms with Crippen LogP contribution in [0.1, 0.15) is 12.0 Å². The van der Waals surface area contributed by atoms with E-state index in [2.05, 4.69) is 39.7 Å². The second kappa shape index (κ2) is 9.10. The van der Waals surface area contributed by atoms with Gasteiger partial charge in [-0.05, 0) is 18.2 Å². The third kappa shape index (κ3) is 5.13. The highest BCUT2D eigenvalue weighted by molar-refractivity contribution is 5.82. The lowest BCUT2D eigenvalue weighted by molar-refractivity contribution is -0.900. The molecule has 5 nitrogen and oxygen atoms in total. The van der Waals surface area contributed by atoms with Crippen molar-refractivity contribution >= 4 is 17.8 Å². The van der Waals surface area contributed by atoms with Crippen molar-refractivity contribution in [1.29, 1.82) is 0 Å². The van der Waals surface area contributed by atoms with E-state index in [1.54, 1.807) is 18.2 Å². The summed E-state index contributed by atoms with van der Waals surface area (Å²) in [6.45, 7) is 4.80. The fraction of sp³-hybridized carbons (Fsp3) is 0.300. The molecule has 0 bridgehead atoms. The van der Waals surface area contributed by atoms with Gasteiger partial charge in [0.15, 0.2) is 0 Å². The van der Waals surface area contributed by atoms with E-state index in [4.69, 9.17) is 0 Å². The van der Waals surface area contributed by atoms with Gasteiger partial charge in [0.25, 0.3) is 0 Å². The first kappa shape index (κ1) is 18.1. The van der Waals surface area contributed by atoms with Gasteiger partial charge in [-0.2, -0.15) is 5.10 Å². The Kier molecular flexibility index (Phi) is 6.33. The van der Waals surface area contributed by atoms with Crippen molar-refractivity contribution in [3.05, 3.63) is 66.0 Å². The quantitative estimate of drug-likeness (QED) is 0.602. The second-order valence-corrected chi connectivity index (χ2v) is 6.39. The predicted molar refractivity (Wildman–Crippen MR) is 101 cm³/mol. The Morgan fingerprint density at radius 3 is 2.54 bits per heavy atom. The molecule has 1 amide bonds. The highest BCUT2D eigenvalue weighted by Crippen LogP contribution is 2.12. The number of hydrogen-bond donors (Lipinski definition) is 2. The Balaban J connectivity index is 1.37. The van der Waals surface area contributed by atoms with Gasteiger partial charge in [0.05, 0.1) is 45.4 Å². The van der Waals surface area contributed by atoms with Crippen LogP contribution in [0.25, 0.3) is 0 Å². The number of benzene rings is 2. The molecule has 0 unspecified atom stereocenters. The average molecular weight is 355 g/mol. The number of hydrogen-bond acceptors (Lipinski definition) is 3. The Labute approximate surface area is 153 Å². The van der Waals surface area contributed by atoms with E-state index in [1.165, 1.54) is 22.9 Å². The first-order valence-corrected chi connectivity index (χ1v) is 8.92. The Bertz CT molecular complexity index is 742. The molecule has 2 aromatic carbocycles. The van der Waals surface area contributed by atoms with Crippen LogP contribution in [0.2, 0.25) is 0 Å². The molecule has 1 saturated heterocycles. The van der Waals surface area contributed by atoms with Gasteiger partial charge in [-0.15, -0.1) is 0 Å². The summed E-state index contributed by atoms with van der Waals surface area (Å²) in [5, 5.41) is 3.84. The van der Waals surface area contributed by atoms with Gasteiger partial charge in [-0.1, -0.05) is 36.4 Å². The van der Waals surface area contributed by atoms with Crippen LogP contribution in [0.4, 0.5) is 10.1 Å². The third-order valence-electron chi connectivity index (χ3n) is 4.60. The summed E-state index contributed by atoms with van der Waals surface area (Å²) in [5.74, 6) is -0.498. The number of carbonyl (C=O) groups excluding carboxylic acids is 1. The number of anilines is 1. The molecule has 0 atom stereocenters. The fourth-order valence-corrected chi connectivity index (χ4v) is 3.07. The summed E-state index contributed by atoms with van der Waals surface area (Å²) in [6, 6.07) is 16.7. The average Bonchev–Trinajstić information content (AvgIpc) is 2.69. The molecule has 3 rings (SSSR count). The van der Waals surface area contributed by atoms with Gasteiger partial charge >= 0.3 is 0 Å². The van der Waals surface area contributed by atoms with Gasteiger partial charge in [-0.3, -0.25) is 4.79 Å². The van der Waals surface area contributed by atoms with E-state index >= 15 is 0 Å². The summed E-state index contributed by atoms with van der Waals surface area (Å²) >= 11 is 0. The molecule has 0 radical (unpaired) electrons. The summed E-state index contributed by atoms with van der Waals surface area (Å²) in [5.41, 5.74) is 4.09. The van der Waals surface area contributed by atoms with Crippen molar-refractivity contribution in [3.63, 3.8) is 0 Å². The number of nitrogens with zero attached hydrogens (tertiary/aromatic N) is 2. The number of nitrogens with one attached hydrogen (secondary N) is 2. The lowest BCUT2D eigenvalue weighted by atomic mass is 10.2. The van der Waals surface area contributed by atoms with E-state index in [9.17, 15) is 9.18 Å². The first-order valence-electron chi connectivity index (χ1n) is 8.92. The minimum absolute atomic E-state index is 0.143. The summed E-state index contributed by atoms with van der Waals surface area (Å²) in [4.78, 5) is 15.7. The number of piperazine rings is 1. The van der Waals surface area contributed by atoms with Crippen molar-refractivity contribution in [2.45, 2.75) is 6.42 Å². The van der Waals surface area contributed by atoms with Gasteiger partial charge < -0.3 is 9.80 Å². The topological polar surface area (TPSA) is 49.1 Å². The zero-order valence-corrected chi connectivity index (χ0v) is 14.7. The zero-order chi connectivity index (χ0) is 18.2. The Morgan fingerprint density at radius 2 is 1.81 bits per heavy atom. The largest absolute Gasteiger partial charge is 0.360 e. The summed E-state index contributed by atoms with van der Waals surface area (Å²) in [6.07, 6.45) is 1.74. The molecule has 1 aliphatic rings. The molecule has 1 heterocycles. The molecular formula is C20H24FN4O+. The molecular weight excluding hydrogens is 331 g/mol. The van der Waals surface area contributed by atoms with E-state index in [1.807, 2.05) is 6.07 Å². The van der Waals surface area contributed by atoms with Crippen LogP contribution in [0, 0.1) is 5.82 Å². The molecule has 1 fully saturated rings. The normalized spacial score (nSPS) is 15.3. The lowest BCUT2D eigenvalue weighted by Crippen LogP contribution is -3.15. The number of quaternary nitrogens is 1. The molecule has 136 valence electrons. The van der Waals surface area contributed by atoms with Gasteiger partial charge in [0.2, 0.25) is 5.91 Å². The molecule has 2 aromatic rings. The minimum atomic E-state index is -0.355. The summed E-state index contributed by atoms with van der Waals surface area (Å²) in [7, 11) is 0. The number of para-hydroxylation sites is 1. The maximum absolute atomic E-state index is 13.4. The van der Waals surface area contributed by atoms with Crippen molar-refractivity contribution in [1.82, 2.24) is 5.43 Å². The first-order chi connectivity index (χ1) is 12.7.